The van der Waals surface area contributed by atoms with Crippen LogP contribution in [0.15, 0.2) is 12.4 Å². The molecule has 1 aromatic rings. The summed E-state index contributed by atoms with van der Waals surface area (Å²) in [6, 6.07) is -0.617. The summed E-state index contributed by atoms with van der Waals surface area (Å²) < 4.78 is 1.59. The lowest BCUT2D eigenvalue weighted by molar-refractivity contribution is -0.142. The van der Waals surface area contributed by atoms with E-state index in [0.29, 0.717) is 5.56 Å². The van der Waals surface area contributed by atoms with E-state index >= 15 is 0 Å². The van der Waals surface area contributed by atoms with Crippen LogP contribution >= 0.6 is 0 Å². The van der Waals surface area contributed by atoms with Crippen LogP contribution in [0.1, 0.15) is 11.6 Å². The summed E-state index contributed by atoms with van der Waals surface area (Å²) in [6.45, 7) is 0. The molecular weight excluding hydrogens is 170 g/mol. The predicted molar refractivity (Wildman–Crippen MR) is 47.3 cm³/mol. The first kappa shape index (κ1) is 9.73. The van der Waals surface area contributed by atoms with Gasteiger partial charge in [-0.1, -0.05) is 0 Å². The first-order valence-electron chi connectivity index (χ1n) is 3.90. The van der Waals surface area contributed by atoms with Gasteiger partial charge in [0.15, 0.2) is 0 Å². The number of nitrogens with zero attached hydrogens (tertiary/aromatic N) is 3. The Morgan fingerprint density at radius 3 is 2.62 bits per heavy atom. The molecule has 5 nitrogen and oxygen atoms in total. The zero-order chi connectivity index (χ0) is 10.0. The Bertz CT molecular complexity index is 306. The molecule has 0 amide bonds. The van der Waals surface area contributed by atoms with Gasteiger partial charge < -0.3 is 5.11 Å². The minimum Gasteiger partial charge on any atom is -0.480 e. The van der Waals surface area contributed by atoms with Crippen LogP contribution in [0.2, 0.25) is 0 Å². The fraction of sp³-hybridized carbons (Fsp3) is 0.500. The number of likely N-dealkylation sites (N-methyl/N-ethyl adjacent to an activating group) is 1. The summed E-state index contributed by atoms with van der Waals surface area (Å²) in [5.41, 5.74) is 0.694. The van der Waals surface area contributed by atoms with Gasteiger partial charge in [-0.25, -0.2) is 0 Å². The van der Waals surface area contributed by atoms with Crippen LogP contribution in [0, 0.1) is 0 Å². The standard InChI is InChI=1S/C8H13N3O2/c1-10(2)7(8(12)13)6-4-9-11(3)5-6/h4-5,7H,1-3H3,(H,12,13)/t7-/m1/s1. The fourth-order valence-corrected chi connectivity index (χ4v) is 1.24. The Hall–Kier alpha value is -1.36. The van der Waals surface area contributed by atoms with Crippen molar-refractivity contribution in [1.82, 2.24) is 14.7 Å². The predicted octanol–water partition coefficient (Wildman–Crippen LogP) is 0.107. The molecule has 1 atom stereocenters. The average Bonchev–Trinajstić information content (AvgIpc) is 2.34. The number of rotatable bonds is 3. The fourth-order valence-electron chi connectivity index (χ4n) is 1.24. The second kappa shape index (κ2) is 3.57. The molecule has 0 spiro atoms. The lowest BCUT2D eigenvalue weighted by atomic mass is 10.1. The number of aromatic nitrogens is 2. The zero-order valence-electron chi connectivity index (χ0n) is 7.93. The average molecular weight is 183 g/mol. The molecule has 0 aromatic carbocycles. The Balaban J connectivity index is 2.95. The number of carboxylic acids is 1. The highest BCUT2D eigenvalue weighted by Crippen LogP contribution is 2.16. The second-order valence-corrected chi connectivity index (χ2v) is 3.15. The zero-order valence-corrected chi connectivity index (χ0v) is 7.93. The molecule has 0 aliphatic carbocycles. The van der Waals surface area contributed by atoms with Gasteiger partial charge in [0.05, 0.1) is 6.20 Å². The Kier molecular flexibility index (Phi) is 2.67. The van der Waals surface area contributed by atoms with E-state index in [1.807, 2.05) is 0 Å². The third kappa shape index (κ3) is 2.06. The van der Waals surface area contributed by atoms with Gasteiger partial charge in [0.25, 0.3) is 0 Å². The van der Waals surface area contributed by atoms with Crippen LogP contribution in [0.4, 0.5) is 0 Å². The van der Waals surface area contributed by atoms with Gasteiger partial charge in [0, 0.05) is 18.8 Å². The van der Waals surface area contributed by atoms with Gasteiger partial charge in [0.1, 0.15) is 6.04 Å². The first-order valence-corrected chi connectivity index (χ1v) is 3.90. The number of hydrogen-bond donors (Lipinski definition) is 1. The molecule has 13 heavy (non-hydrogen) atoms. The molecular formula is C8H13N3O2. The molecule has 0 unspecified atom stereocenters. The summed E-state index contributed by atoms with van der Waals surface area (Å²) in [7, 11) is 5.22. The summed E-state index contributed by atoms with van der Waals surface area (Å²) in [5.74, 6) is -0.863. The number of aliphatic carboxylic acids is 1. The van der Waals surface area contributed by atoms with E-state index < -0.39 is 12.0 Å². The van der Waals surface area contributed by atoms with Crippen molar-refractivity contribution in [3.8, 4) is 0 Å². The quantitative estimate of drug-likeness (QED) is 0.722. The monoisotopic (exact) mass is 183 g/mol. The highest BCUT2D eigenvalue weighted by molar-refractivity contribution is 5.75. The van der Waals surface area contributed by atoms with E-state index in [2.05, 4.69) is 5.10 Å². The Morgan fingerprint density at radius 1 is 1.69 bits per heavy atom. The molecule has 0 radical (unpaired) electrons. The molecule has 5 heteroatoms. The number of aryl methyl sites for hydroxylation is 1. The normalized spacial score (nSPS) is 13.2. The smallest absolute Gasteiger partial charge is 0.325 e. The molecule has 0 fully saturated rings. The Labute approximate surface area is 76.6 Å². The number of hydrogen-bond acceptors (Lipinski definition) is 3. The van der Waals surface area contributed by atoms with E-state index in [1.54, 1.807) is 43.1 Å². The Morgan fingerprint density at radius 2 is 2.31 bits per heavy atom. The van der Waals surface area contributed by atoms with E-state index in [-0.39, 0.29) is 0 Å². The van der Waals surface area contributed by atoms with Crippen LogP contribution in [0.25, 0.3) is 0 Å². The highest BCUT2D eigenvalue weighted by Gasteiger charge is 2.22. The van der Waals surface area contributed by atoms with Crippen LogP contribution < -0.4 is 0 Å². The second-order valence-electron chi connectivity index (χ2n) is 3.15. The van der Waals surface area contributed by atoms with Crippen LogP contribution in [0.5, 0.6) is 0 Å². The molecule has 1 aromatic heterocycles. The molecule has 1 N–H and O–H groups in total. The van der Waals surface area contributed by atoms with Crippen molar-refractivity contribution in [1.29, 1.82) is 0 Å². The summed E-state index contributed by atoms with van der Waals surface area (Å²) in [4.78, 5) is 12.5. The van der Waals surface area contributed by atoms with Crippen molar-refractivity contribution in [2.24, 2.45) is 7.05 Å². The van der Waals surface area contributed by atoms with Gasteiger partial charge in [-0.15, -0.1) is 0 Å². The molecule has 0 bridgehead atoms. The maximum Gasteiger partial charge on any atom is 0.325 e. The summed E-state index contributed by atoms with van der Waals surface area (Å²) >= 11 is 0. The summed E-state index contributed by atoms with van der Waals surface area (Å²) in [5, 5.41) is 12.9. The first-order chi connectivity index (χ1) is 6.02. The minimum absolute atomic E-state index is 0.617. The van der Waals surface area contributed by atoms with E-state index in [9.17, 15) is 4.79 Å². The molecule has 0 saturated heterocycles. The SMILES string of the molecule is CN(C)[C@@H](C(=O)O)c1cnn(C)c1. The minimum atomic E-state index is -0.863. The lowest BCUT2D eigenvalue weighted by Gasteiger charge is -2.17. The number of carbonyl (C=O) groups is 1. The van der Waals surface area contributed by atoms with Crippen LogP contribution in [-0.2, 0) is 11.8 Å². The topological polar surface area (TPSA) is 58.4 Å². The lowest BCUT2D eigenvalue weighted by Crippen LogP contribution is -2.27. The van der Waals surface area contributed by atoms with Crippen LogP contribution in [0.3, 0.4) is 0 Å². The summed E-state index contributed by atoms with van der Waals surface area (Å²) in [6.07, 6.45) is 3.28. The van der Waals surface area contributed by atoms with Crippen molar-refractivity contribution in [2.45, 2.75) is 6.04 Å². The van der Waals surface area contributed by atoms with E-state index in [4.69, 9.17) is 5.11 Å². The molecule has 1 rings (SSSR count). The molecule has 0 aliphatic rings. The van der Waals surface area contributed by atoms with Gasteiger partial charge in [0.2, 0.25) is 0 Å². The van der Waals surface area contributed by atoms with Crippen molar-refractivity contribution in [3.05, 3.63) is 18.0 Å². The highest BCUT2D eigenvalue weighted by atomic mass is 16.4. The maximum atomic E-state index is 10.9. The van der Waals surface area contributed by atoms with Gasteiger partial charge in [-0.2, -0.15) is 5.10 Å². The van der Waals surface area contributed by atoms with Crippen molar-refractivity contribution >= 4 is 5.97 Å². The third-order valence-corrected chi connectivity index (χ3v) is 1.79. The van der Waals surface area contributed by atoms with Gasteiger partial charge >= 0.3 is 5.97 Å². The van der Waals surface area contributed by atoms with Crippen molar-refractivity contribution in [3.63, 3.8) is 0 Å². The van der Waals surface area contributed by atoms with E-state index in [0.717, 1.165) is 0 Å². The number of carboxylic acid groups (broad SMARTS) is 1. The van der Waals surface area contributed by atoms with E-state index in [1.165, 1.54) is 0 Å². The van der Waals surface area contributed by atoms with Crippen molar-refractivity contribution in [2.75, 3.05) is 14.1 Å². The molecule has 0 aliphatic heterocycles. The largest absolute Gasteiger partial charge is 0.480 e. The van der Waals surface area contributed by atoms with Gasteiger partial charge in [-0.05, 0) is 14.1 Å². The molecule has 72 valence electrons. The van der Waals surface area contributed by atoms with Gasteiger partial charge in [-0.3, -0.25) is 14.4 Å². The molecule has 0 saturated carbocycles. The third-order valence-electron chi connectivity index (χ3n) is 1.79. The maximum absolute atomic E-state index is 10.9. The van der Waals surface area contributed by atoms with Crippen LogP contribution in [-0.4, -0.2) is 39.9 Å². The van der Waals surface area contributed by atoms with Crippen molar-refractivity contribution < 1.29 is 9.90 Å². The molecule has 1 heterocycles.